The van der Waals surface area contributed by atoms with Gasteiger partial charge < -0.3 is 15.0 Å². The van der Waals surface area contributed by atoms with Crippen molar-refractivity contribution < 1.29 is 14.3 Å². The normalized spacial score (nSPS) is 12.7. The first-order valence-corrected chi connectivity index (χ1v) is 12.4. The molecule has 2 aromatic carbocycles. The van der Waals surface area contributed by atoms with E-state index in [1.54, 1.807) is 23.8 Å². The van der Waals surface area contributed by atoms with Gasteiger partial charge in [-0.3, -0.25) is 9.59 Å². The van der Waals surface area contributed by atoms with Crippen molar-refractivity contribution in [1.29, 1.82) is 0 Å². The number of nitrogens with zero attached hydrogens (tertiary/aromatic N) is 1. The van der Waals surface area contributed by atoms with Crippen LogP contribution in [0.2, 0.25) is 0 Å². The van der Waals surface area contributed by atoms with Gasteiger partial charge in [-0.15, -0.1) is 11.8 Å². The number of carbonyl (C=O) groups is 2. The largest absolute Gasteiger partial charge is 0.497 e. The number of methoxy groups -OCH3 is 1. The summed E-state index contributed by atoms with van der Waals surface area (Å²) in [7, 11) is 1.63. The zero-order chi connectivity index (χ0) is 23.5. The van der Waals surface area contributed by atoms with E-state index >= 15 is 0 Å². The molecular formula is C26H36N2O3S. The highest BCUT2D eigenvalue weighted by atomic mass is 32.2. The Hall–Kier alpha value is -2.47. The first-order valence-electron chi connectivity index (χ1n) is 11.2. The van der Waals surface area contributed by atoms with Gasteiger partial charge in [0.25, 0.3) is 0 Å². The molecule has 0 heterocycles. The quantitative estimate of drug-likeness (QED) is 0.490. The third-order valence-electron chi connectivity index (χ3n) is 5.51. The molecule has 0 fully saturated rings. The summed E-state index contributed by atoms with van der Waals surface area (Å²) in [5, 5.41) is 3.05. The van der Waals surface area contributed by atoms with Crippen LogP contribution in [0.25, 0.3) is 0 Å². The summed E-state index contributed by atoms with van der Waals surface area (Å²) in [6.07, 6.45) is 1.41. The average Bonchev–Trinajstić information content (AvgIpc) is 2.80. The summed E-state index contributed by atoms with van der Waals surface area (Å²) in [5.41, 5.74) is 3.38. The van der Waals surface area contributed by atoms with Crippen LogP contribution in [0, 0.1) is 6.92 Å². The molecule has 0 radical (unpaired) electrons. The molecule has 2 amide bonds. The summed E-state index contributed by atoms with van der Waals surface area (Å²) in [6.45, 7) is 8.42. The summed E-state index contributed by atoms with van der Waals surface area (Å²) in [6, 6.07) is 15.6. The number of amides is 2. The van der Waals surface area contributed by atoms with Crippen LogP contribution in [0.3, 0.4) is 0 Å². The van der Waals surface area contributed by atoms with Gasteiger partial charge in [0.15, 0.2) is 0 Å². The fourth-order valence-corrected chi connectivity index (χ4v) is 4.18. The van der Waals surface area contributed by atoms with E-state index in [1.807, 2.05) is 45.0 Å². The number of aryl methyl sites for hydroxylation is 1. The van der Waals surface area contributed by atoms with Crippen molar-refractivity contribution in [3.05, 3.63) is 65.2 Å². The van der Waals surface area contributed by atoms with Crippen LogP contribution in [0.5, 0.6) is 5.75 Å². The van der Waals surface area contributed by atoms with Gasteiger partial charge in [-0.2, -0.15) is 0 Å². The second-order valence-electron chi connectivity index (χ2n) is 8.09. The maximum atomic E-state index is 13.3. The van der Waals surface area contributed by atoms with Crippen LogP contribution in [-0.2, 0) is 21.9 Å². The summed E-state index contributed by atoms with van der Waals surface area (Å²) in [4.78, 5) is 28.0. The molecule has 6 heteroatoms. The fourth-order valence-electron chi connectivity index (χ4n) is 3.31. The Balaban J connectivity index is 2.13. The van der Waals surface area contributed by atoms with Gasteiger partial charge in [0.05, 0.1) is 12.9 Å². The number of thioether (sulfide) groups is 1. The molecule has 2 rings (SSSR count). The minimum atomic E-state index is -0.501. The molecule has 0 saturated heterocycles. The standard InChI is InChI=1S/C26H36N2O3S/c1-6-20(4)27-26(30)24(7-2)28(16-21-12-14-23(31-5)15-13-21)25(29)18-32-17-22-10-8-19(3)9-11-22/h8-15,20,24H,6-7,16-18H2,1-5H3,(H,27,30)/t20-,24+/m0/s1. The number of rotatable bonds is 12. The Labute approximate surface area is 196 Å². The Kier molecular flexibility index (Phi) is 10.6. The summed E-state index contributed by atoms with van der Waals surface area (Å²) < 4.78 is 5.24. The van der Waals surface area contributed by atoms with Crippen LogP contribution in [0.15, 0.2) is 48.5 Å². The number of nitrogens with one attached hydrogen (secondary N) is 1. The molecule has 0 aliphatic rings. The minimum Gasteiger partial charge on any atom is -0.497 e. The Bertz CT molecular complexity index is 852. The number of carbonyl (C=O) groups excluding carboxylic acids is 2. The van der Waals surface area contributed by atoms with Gasteiger partial charge in [0.2, 0.25) is 11.8 Å². The van der Waals surface area contributed by atoms with Crippen molar-refractivity contribution in [3.63, 3.8) is 0 Å². The van der Waals surface area contributed by atoms with Crippen molar-refractivity contribution >= 4 is 23.6 Å². The van der Waals surface area contributed by atoms with Crippen molar-refractivity contribution in [2.45, 2.75) is 64.9 Å². The monoisotopic (exact) mass is 456 g/mol. The average molecular weight is 457 g/mol. The highest BCUT2D eigenvalue weighted by Crippen LogP contribution is 2.19. The lowest BCUT2D eigenvalue weighted by Gasteiger charge is -2.31. The van der Waals surface area contributed by atoms with Gasteiger partial charge in [-0.1, -0.05) is 55.8 Å². The minimum absolute atomic E-state index is 0.0240. The Morgan fingerprint density at radius 1 is 1.00 bits per heavy atom. The molecule has 32 heavy (non-hydrogen) atoms. The second kappa shape index (κ2) is 13.2. The van der Waals surface area contributed by atoms with Gasteiger partial charge in [0.1, 0.15) is 11.8 Å². The van der Waals surface area contributed by atoms with Gasteiger partial charge in [-0.25, -0.2) is 0 Å². The van der Waals surface area contributed by atoms with E-state index in [9.17, 15) is 9.59 Å². The molecular weight excluding hydrogens is 420 g/mol. The van der Waals surface area contributed by atoms with Crippen molar-refractivity contribution in [2.24, 2.45) is 0 Å². The molecule has 2 aromatic rings. The molecule has 2 atom stereocenters. The Morgan fingerprint density at radius 2 is 1.62 bits per heavy atom. The lowest BCUT2D eigenvalue weighted by atomic mass is 10.1. The van der Waals surface area contributed by atoms with E-state index in [2.05, 4.69) is 36.5 Å². The summed E-state index contributed by atoms with van der Waals surface area (Å²) >= 11 is 1.58. The molecule has 0 spiro atoms. The maximum absolute atomic E-state index is 13.3. The predicted octanol–water partition coefficient (Wildman–Crippen LogP) is 4.96. The van der Waals surface area contributed by atoms with Crippen LogP contribution in [0.4, 0.5) is 0 Å². The van der Waals surface area contributed by atoms with Crippen LogP contribution >= 0.6 is 11.8 Å². The lowest BCUT2D eigenvalue weighted by Crippen LogP contribution is -2.51. The van der Waals surface area contributed by atoms with Crippen LogP contribution in [-0.4, -0.2) is 41.7 Å². The molecule has 5 nitrogen and oxygen atoms in total. The smallest absolute Gasteiger partial charge is 0.243 e. The van der Waals surface area contributed by atoms with E-state index in [1.165, 1.54) is 11.1 Å². The molecule has 0 bridgehead atoms. The van der Waals surface area contributed by atoms with Crippen molar-refractivity contribution in [2.75, 3.05) is 12.9 Å². The number of hydrogen-bond donors (Lipinski definition) is 1. The van der Waals surface area contributed by atoms with E-state index in [-0.39, 0.29) is 17.9 Å². The topological polar surface area (TPSA) is 58.6 Å². The van der Waals surface area contributed by atoms with E-state index in [4.69, 9.17) is 4.74 Å². The summed E-state index contributed by atoms with van der Waals surface area (Å²) in [5.74, 6) is 1.74. The number of hydrogen-bond acceptors (Lipinski definition) is 4. The molecule has 174 valence electrons. The highest BCUT2D eigenvalue weighted by Gasteiger charge is 2.29. The predicted molar refractivity (Wildman–Crippen MR) is 133 cm³/mol. The molecule has 1 N–H and O–H groups in total. The fraction of sp³-hybridized carbons (Fsp3) is 0.462. The molecule has 0 aromatic heterocycles. The third kappa shape index (κ3) is 7.90. The van der Waals surface area contributed by atoms with Crippen LogP contribution in [0.1, 0.15) is 50.3 Å². The van der Waals surface area contributed by atoms with Gasteiger partial charge in [-0.05, 0) is 49.9 Å². The van der Waals surface area contributed by atoms with E-state index in [0.717, 1.165) is 23.5 Å². The third-order valence-corrected chi connectivity index (χ3v) is 6.50. The zero-order valence-electron chi connectivity index (χ0n) is 19.9. The number of ether oxygens (including phenoxy) is 1. The molecule has 0 aliphatic heterocycles. The van der Waals surface area contributed by atoms with E-state index in [0.29, 0.717) is 18.7 Å². The second-order valence-corrected chi connectivity index (χ2v) is 9.08. The first kappa shape index (κ1) is 25.8. The Morgan fingerprint density at radius 3 is 2.19 bits per heavy atom. The van der Waals surface area contributed by atoms with Gasteiger partial charge in [0, 0.05) is 18.3 Å². The first-order chi connectivity index (χ1) is 15.4. The van der Waals surface area contributed by atoms with Crippen molar-refractivity contribution in [3.8, 4) is 5.75 Å². The molecule has 0 aliphatic carbocycles. The zero-order valence-corrected chi connectivity index (χ0v) is 20.7. The molecule has 0 unspecified atom stereocenters. The lowest BCUT2D eigenvalue weighted by molar-refractivity contribution is -0.139. The highest BCUT2D eigenvalue weighted by molar-refractivity contribution is 7.99. The van der Waals surface area contributed by atoms with Crippen molar-refractivity contribution in [1.82, 2.24) is 10.2 Å². The SMILES string of the molecule is CC[C@H](C(=O)N[C@@H](C)CC)N(Cc1ccc(OC)cc1)C(=O)CSCc1ccc(C)cc1. The number of benzene rings is 2. The maximum Gasteiger partial charge on any atom is 0.243 e. The van der Waals surface area contributed by atoms with E-state index < -0.39 is 6.04 Å². The van der Waals surface area contributed by atoms with Crippen LogP contribution < -0.4 is 10.1 Å². The van der Waals surface area contributed by atoms with Gasteiger partial charge >= 0.3 is 0 Å². The molecule has 0 saturated carbocycles.